The third-order valence-electron chi connectivity index (χ3n) is 4.26. The number of anilines is 1. The van der Waals surface area contributed by atoms with Crippen molar-refractivity contribution in [1.29, 1.82) is 0 Å². The molecule has 0 atom stereocenters. The lowest BCUT2D eigenvalue weighted by atomic mass is 10.2. The molecule has 1 aromatic carbocycles. The zero-order valence-corrected chi connectivity index (χ0v) is 12.7. The Morgan fingerprint density at radius 1 is 1.15 bits per heavy atom. The number of hydrogen-bond acceptors (Lipinski definition) is 3. The second kappa shape index (κ2) is 5.04. The molecule has 1 aromatic rings. The molecule has 0 radical (unpaired) electrons. The molecular weight excluding hydrogens is 272 g/mol. The molecule has 20 heavy (non-hydrogen) atoms. The van der Waals surface area contributed by atoms with Crippen LogP contribution in [0.3, 0.4) is 0 Å². The molecule has 2 aliphatic rings. The third kappa shape index (κ3) is 2.83. The minimum Gasteiger partial charge on any atom is -0.398 e. The molecule has 3 rings (SSSR count). The summed E-state index contributed by atoms with van der Waals surface area (Å²) in [7, 11) is -3.41. The molecule has 0 bridgehead atoms. The molecule has 4 nitrogen and oxygen atoms in total. The van der Waals surface area contributed by atoms with Gasteiger partial charge in [0.1, 0.15) is 0 Å². The monoisotopic (exact) mass is 294 g/mol. The summed E-state index contributed by atoms with van der Waals surface area (Å²) in [4.78, 5) is 0.374. The van der Waals surface area contributed by atoms with E-state index in [0.29, 0.717) is 41.1 Å². The maximum atomic E-state index is 12.9. The van der Waals surface area contributed by atoms with Crippen molar-refractivity contribution in [3.63, 3.8) is 0 Å². The number of hydrogen-bond donors (Lipinski definition) is 1. The Hall–Kier alpha value is -1.07. The number of nitrogens with two attached hydrogens (primary N) is 1. The zero-order valence-electron chi connectivity index (χ0n) is 11.9. The lowest BCUT2D eigenvalue weighted by molar-refractivity contribution is 0.382. The number of sulfonamides is 1. The molecule has 110 valence electrons. The van der Waals surface area contributed by atoms with Crippen molar-refractivity contribution in [3.8, 4) is 0 Å². The highest BCUT2D eigenvalue weighted by molar-refractivity contribution is 7.89. The van der Waals surface area contributed by atoms with Gasteiger partial charge >= 0.3 is 0 Å². The fourth-order valence-electron chi connectivity index (χ4n) is 2.50. The van der Waals surface area contributed by atoms with Crippen LogP contribution >= 0.6 is 0 Å². The Balaban J connectivity index is 1.91. The molecule has 0 aliphatic heterocycles. The first-order valence-electron chi connectivity index (χ1n) is 7.33. The van der Waals surface area contributed by atoms with E-state index in [2.05, 4.69) is 0 Å². The quantitative estimate of drug-likeness (QED) is 0.819. The summed E-state index contributed by atoms with van der Waals surface area (Å²) in [5, 5.41) is 0. The van der Waals surface area contributed by atoms with Gasteiger partial charge in [-0.3, -0.25) is 0 Å². The van der Waals surface area contributed by atoms with E-state index in [1.807, 2.05) is 0 Å². The first-order chi connectivity index (χ1) is 9.48. The van der Waals surface area contributed by atoms with Gasteiger partial charge in [0.05, 0.1) is 4.90 Å². The van der Waals surface area contributed by atoms with Gasteiger partial charge < -0.3 is 5.73 Å². The maximum Gasteiger partial charge on any atom is 0.243 e. The maximum absolute atomic E-state index is 12.9. The minimum atomic E-state index is -3.41. The van der Waals surface area contributed by atoms with Crippen molar-refractivity contribution >= 4 is 15.7 Å². The Morgan fingerprint density at radius 3 is 2.20 bits per heavy atom. The average molecular weight is 294 g/mol. The lowest BCUT2D eigenvalue weighted by Gasteiger charge is -2.23. The van der Waals surface area contributed by atoms with Crippen LogP contribution < -0.4 is 5.73 Å². The van der Waals surface area contributed by atoms with Gasteiger partial charge in [-0.15, -0.1) is 0 Å². The van der Waals surface area contributed by atoms with Crippen LogP contribution in [0.2, 0.25) is 0 Å². The predicted molar refractivity (Wildman–Crippen MR) is 79.8 cm³/mol. The Morgan fingerprint density at radius 2 is 1.70 bits per heavy atom. The highest BCUT2D eigenvalue weighted by Crippen LogP contribution is 2.36. The van der Waals surface area contributed by atoms with Crippen LogP contribution in [-0.2, 0) is 10.0 Å². The molecule has 5 heteroatoms. The fraction of sp³-hybridized carbons (Fsp3) is 0.600. The van der Waals surface area contributed by atoms with Gasteiger partial charge in [-0.2, -0.15) is 4.31 Å². The van der Waals surface area contributed by atoms with Gasteiger partial charge in [0.25, 0.3) is 0 Å². The van der Waals surface area contributed by atoms with Crippen molar-refractivity contribution in [2.45, 2.75) is 37.5 Å². The second-order valence-corrected chi connectivity index (χ2v) is 8.09. The summed E-state index contributed by atoms with van der Waals surface area (Å²) in [6.45, 7) is 3.13. The van der Waals surface area contributed by atoms with Crippen LogP contribution in [0, 0.1) is 18.8 Å². The van der Waals surface area contributed by atoms with Gasteiger partial charge in [0.2, 0.25) is 10.0 Å². The summed E-state index contributed by atoms with van der Waals surface area (Å²) >= 11 is 0. The molecular formula is C15H22N2O2S. The average Bonchev–Trinajstić information content (AvgIpc) is 3.26. The fourth-order valence-corrected chi connectivity index (χ4v) is 4.35. The highest BCUT2D eigenvalue weighted by Gasteiger charge is 2.36. The summed E-state index contributed by atoms with van der Waals surface area (Å²) in [6.07, 6.45) is 4.64. The van der Waals surface area contributed by atoms with Gasteiger partial charge in [-0.05, 0) is 62.1 Å². The van der Waals surface area contributed by atoms with Crippen molar-refractivity contribution in [3.05, 3.63) is 23.8 Å². The molecule has 2 fully saturated rings. The smallest absolute Gasteiger partial charge is 0.243 e. The largest absolute Gasteiger partial charge is 0.398 e. The Kier molecular flexibility index (Phi) is 3.50. The summed E-state index contributed by atoms with van der Waals surface area (Å²) in [5.41, 5.74) is 7.08. The Labute approximate surface area is 121 Å². The van der Waals surface area contributed by atoms with Crippen molar-refractivity contribution in [2.24, 2.45) is 11.8 Å². The van der Waals surface area contributed by atoms with E-state index in [-0.39, 0.29) is 0 Å². The van der Waals surface area contributed by atoms with E-state index in [9.17, 15) is 8.42 Å². The zero-order chi connectivity index (χ0) is 14.3. The molecule has 0 aromatic heterocycles. The summed E-state index contributed by atoms with van der Waals surface area (Å²) in [5.74, 6) is 1.12. The highest BCUT2D eigenvalue weighted by atomic mass is 32.2. The summed E-state index contributed by atoms with van der Waals surface area (Å²) in [6, 6.07) is 5.15. The van der Waals surface area contributed by atoms with Gasteiger partial charge in [-0.25, -0.2) is 8.42 Å². The molecule has 0 saturated heterocycles. The van der Waals surface area contributed by atoms with E-state index in [1.165, 1.54) is 0 Å². The molecule has 2 aliphatic carbocycles. The van der Waals surface area contributed by atoms with Crippen LogP contribution in [0.5, 0.6) is 0 Å². The molecule has 2 N–H and O–H groups in total. The van der Waals surface area contributed by atoms with E-state index in [1.54, 1.807) is 29.4 Å². The normalized spacial score (nSPS) is 19.5. The van der Waals surface area contributed by atoms with E-state index >= 15 is 0 Å². The van der Waals surface area contributed by atoms with Crippen LogP contribution in [0.1, 0.15) is 31.2 Å². The van der Waals surface area contributed by atoms with Crippen LogP contribution in [0.25, 0.3) is 0 Å². The number of nitrogens with zero attached hydrogens (tertiary/aromatic N) is 1. The van der Waals surface area contributed by atoms with Crippen molar-refractivity contribution in [1.82, 2.24) is 4.31 Å². The second-order valence-electron chi connectivity index (χ2n) is 6.18. The molecule has 2 saturated carbocycles. The van der Waals surface area contributed by atoms with Crippen LogP contribution in [0.15, 0.2) is 23.1 Å². The van der Waals surface area contributed by atoms with Crippen LogP contribution in [-0.4, -0.2) is 25.8 Å². The van der Waals surface area contributed by atoms with E-state index < -0.39 is 10.0 Å². The van der Waals surface area contributed by atoms with Gasteiger partial charge in [-0.1, -0.05) is 6.07 Å². The third-order valence-corrected chi connectivity index (χ3v) is 6.24. The van der Waals surface area contributed by atoms with Crippen molar-refractivity contribution in [2.75, 3.05) is 18.8 Å². The molecule has 0 heterocycles. The predicted octanol–water partition coefficient (Wildman–Crippen LogP) is 2.39. The standard InChI is InChI=1S/C15H22N2O2S/c1-11-14(16)3-2-4-15(11)20(18,19)17(9-12-5-6-12)10-13-7-8-13/h2-4,12-13H,5-10,16H2,1H3. The lowest BCUT2D eigenvalue weighted by Crippen LogP contribution is -2.35. The molecule has 0 spiro atoms. The van der Waals surface area contributed by atoms with E-state index in [0.717, 1.165) is 25.7 Å². The Bertz CT molecular complexity index is 590. The topological polar surface area (TPSA) is 63.4 Å². The van der Waals surface area contributed by atoms with Gasteiger partial charge in [0.15, 0.2) is 0 Å². The summed E-state index contributed by atoms with van der Waals surface area (Å²) < 4.78 is 27.5. The first kappa shape index (κ1) is 13.9. The van der Waals surface area contributed by atoms with Crippen LogP contribution in [0.4, 0.5) is 5.69 Å². The first-order valence-corrected chi connectivity index (χ1v) is 8.77. The van der Waals surface area contributed by atoms with Crippen molar-refractivity contribution < 1.29 is 8.42 Å². The van der Waals surface area contributed by atoms with Gasteiger partial charge in [0, 0.05) is 18.8 Å². The van der Waals surface area contributed by atoms with E-state index in [4.69, 9.17) is 5.73 Å². The number of nitrogen functional groups attached to an aromatic ring is 1. The SMILES string of the molecule is Cc1c(N)cccc1S(=O)(=O)N(CC1CC1)CC1CC1. The number of rotatable bonds is 6. The number of benzene rings is 1. The molecule has 0 amide bonds. The minimum absolute atomic E-state index is 0.374. The molecule has 0 unspecified atom stereocenters.